The lowest BCUT2D eigenvalue weighted by molar-refractivity contribution is -0.278. The number of carbonyl (C=O) groups excluding carboxylic acids is 1. The number of ether oxygens (including phenoxy) is 4. The van der Waals surface area contributed by atoms with Gasteiger partial charge in [-0.2, -0.15) is 0 Å². The predicted molar refractivity (Wildman–Crippen MR) is 153 cm³/mol. The van der Waals surface area contributed by atoms with Gasteiger partial charge >= 0.3 is 5.97 Å². The zero-order valence-corrected chi connectivity index (χ0v) is 23.1. The maximum atomic E-state index is 13.6. The van der Waals surface area contributed by atoms with Gasteiger partial charge in [-0.05, 0) is 48.0 Å². The number of phenols is 3. The highest BCUT2D eigenvalue weighted by atomic mass is 16.7. The normalized spacial score (nSPS) is 21.8. The van der Waals surface area contributed by atoms with Crippen LogP contribution in [0, 0.1) is 0 Å². The summed E-state index contributed by atoms with van der Waals surface area (Å²) in [5.41, 5.74) is -0.159. The molecule has 5 rings (SSSR count). The van der Waals surface area contributed by atoms with E-state index in [0.29, 0.717) is 16.9 Å². The molecule has 13 heteroatoms. The second kappa shape index (κ2) is 12.7. The summed E-state index contributed by atoms with van der Waals surface area (Å²) in [7, 11) is 1.46. The second-order valence-electron chi connectivity index (χ2n) is 9.84. The van der Waals surface area contributed by atoms with E-state index in [1.807, 2.05) is 0 Å². The number of aromatic hydroxyl groups is 3. The Morgan fingerprint density at radius 3 is 2.30 bits per heavy atom. The van der Waals surface area contributed by atoms with Crippen molar-refractivity contribution in [2.45, 2.75) is 30.7 Å². The minimum absolute atomic E-state index is 0.0550. The fraction of sp³-hybridized carbons (Fsp3) is 0.226. The minimum atomic E-state index is -1.88. The van der Waals surface area contributed by atoms with Crippen molar-refractivity contribution in [3.8, 4) is 40.1 Å². The van der Waals surface area contributed by atoms with E-state index < -0.39 is 60.2 Å². The van der Waals surface area contributed by atoms with Crippen LogP contribution in [0.2, 0.25) is 0 Å². The van der Waals surface area contributed by atoms with Crippen molar-refractivity contribution in [1.29, 1.82) is 0 Å². The van der Waals surface area contributed by atoms with Gasteiger partial charge in [0, 0.05) is 23.8 Å². The van der Waals surface area contributed by atoms with Crippen molar-refractivity contribution in [3.63, 3.8) is 0 Å². The summed E-state index contributed by atoms with van der Waals surface area (Å²) >= 11 is 0. The van der Waals surface area contributed by atoms with Gasteiger partial charge in [-0.3, -0.25) is 4.79 Å². The third-order valence-electron chi connectivity index (χ3n) is 6.87. The predicted octanol–water partition coefficient (Wildman–Crippen LogP) is 2.03. The number of fused-ring (bicyclic) bond motifs is 1. The average Bonchev–Trinajstić information content (AvgIpc) is 3.01. The van der Waals surface area contributed by atoms with Gasteiger partial charge in [0.2, 0.25) is 17.5 Å². The van der Waals surface area contributed by atoms with Crippen molar-refractivity contribution in [1.82, 2.24) is 0 Å². The first-order valence-electron chi connectivity index (χ1n) is 13.2. The maximum absolute atomic E-state index is 13.6. The number of phenolic OH excluding ortho intramolecular Hbond substituents is 3. The molecular weight excluding hydrogens is 580 g/mol. The van der Waals surface area contributed by atoms with Crippen molar-refractivity contribution in [3.05, 3.63) is 82.5 Å². The number of rotatable bonds is 8. The number of aliphatic hydroxyl groups excluding tert-OH is 3. The van der Waals surface area contributed by atoms with E-state index in [4.69, 9.17) is 23.4 Å². The topological polar surface area (TPSA) is 206 Å². The van der Waals surface area contributed by atoms with E-state index >= 15 is 0 Å². The summed E-state index contributed by atoms with van der Waals surface area (Å²) in [5, 5.41) is 61.1. The SMILES string of the molecule is COc1ccc(-c2oc3cc(O)cc(O)c3c(=O)c2O[C@H]2O[C@H](COC(=O)/C=C/c3ccc(O)cc3)[C@@H](O)[C@H](O)[C@H]2O)cc1. The summed E-state index contributed by atoms with van der Waals surface area (Å²) < 4.78 is 27.6. The number of aliphatic hydroxyl groups is 3. The van der Waals surface area contributed by atoms with E-state index in [0.717, 1.165) is 18.2 Å². The van der Waals surface area contributed by atoms with Crippen molar-refractivity contribution >= 4 is 23.0 Å². The highest BCUT2D eigenvalue weighted by Crippen LogP contribution is 2.37. The molecule has 0 unspecified atom stereocenters. The molecule has 5 atom stereocenters. The van der Waals surface area contributed by atoms with Crippen LogP contribution in [0.1, 0.15) is 5.56 Å². The smallest absolute Gasteiger partial charge is 0.330 e. The van der Waals surface area contributed by atoms with Crippen LogP contribution in [0.5, 0.6) is 28.7 Å². The molecule has 0 bridgehead atoms. The Kier molecular flexibility index (Phi) is 8.73. The first kappa shape index (κ1) is 30.4. The Morgan fingerprint density at radius 2 is 1.61 bits per heavy atom. The maximum Gasteiger partial charge on any atom is 0.330 e. The largest absolute Gasteiger partial charge is 0.508 e. The molecule has 1 aliphatic rings. The zero-order chi connectivity index (χ0) is 31.5. The van der Waals surface area contributed by atoms with E-state index in [1.165, 1.54) is 25.3 Å². The van der Waals surface area contributed by atoms with Crippen LogP contribution >= 0.6 is 0 Å². The van der Waals surface area contributed by atoms with E-state index in [1.54, 1.807) is 36.4 Å². The Morgan fingerprint density at radius 1 is 0.909 bits per heavy atom. The Balaban J connectivity index is 1.42. The summed E-state index contributed by atoms with van der Waals surface area (Å²) in [6.07, 6.45) is -6.06. The van der Waals surface area contributed by atoms with Crippen LogP contribution in [0.15, 0.2) is 76.0 Å². The van der Waals surface area contributed by atoms with Crippen LogP contribution in [0.4, 0.5) is 0 Å². The Labute approximate surface area is 249 Å². The third-order valence-corrected chi connectivity index (χ3v) is 6.87. The lowest BCUT2D eigenvalue weighted by Gasteiger charge is -2.39. The molecule has 0 amide bonds. The Bertz CT molecular complexity index is 1730. The first-order valence-corrected chi connectivity index (χ1v) is 13.2. The summed E-state index contributed by atoms with van der Waals surface area (Å²) in [5.74, 6) is -1.94. The Hall–Kier alpha value is -5.08. The highest BCUT2D eigenvalue weighted by molar-refractivity contribution is 5.88. The van der Waals surface area contributed by atoms with Gasteiger partial charge in [0.15, 0.2) is 5.76 Å². The molecule has 44 heavy (non-hydrogen) atoms. The molecule has 2 heterocycles. The van der Waals surface area contributed by atoms with Crippen LogP contribution in [-0.4, -0.2) is 81.0 Å². The van der Waals surface area contributed by atoms with Crippen LogP contribution < -0.4 is 14.9 Å². The molecule has 13 nitrogen and oxygen atoms in total. The molecule has 230 valence electrons. The summed E-state index contributed by atoms with van der Waals surface area (Å²) in [4.78, 5) is 25.9. The molecule has 0 saturated carbocycles. The molecule has 1 saturated heterocycles. The van der Waals surface area contributed by atoms with Gasteiger partial charge in [-0.25, -0.2) is 4.79 Å². The van der Waals surface area contributed by atoms with Crippen molar-refractivity contribution in [2.75, 3.05) is 13.7 Å². The number of carbonyl (C=O) groups is 1. The van der Waals surface area contributed by atoms with Gasteiger partial charge in [-0.1, -0.05) is 12.1 Å². The molecule has 1 aliphatic heterocycles. The zero-order valence-electron chi connectivity index (χ0n) is 23.1. The molecule has 0 radical (unpaired) electrons. The number of hydrogen-bond donors (Lipinski definition) is 6. The fourth-order valence-electron chi connectivity index (χ4n) is 4.54. The van der Waals surface area contributed by atoms with E-state index in [2.05, 4.69) is 0 Å². The number of benzene rings is 3. The second-order valence-corrected chi connectivity index (χ2v) is 9.84. The quantitative estimate of drug-likeness (QED) is 0.125. The van der Waals surface area contributed by atoms with Crippen molar-refractivity contribution in [2.24, 2.45) is 0 Å². The van der Waals surface area contributed by atoms with E-state index in [9.17, 15) is 40.2 Å². The monoisotopic (exact) mass is 608 g/mol. The summed E-state index contributed by atoms with van der Waals surface area (Å²) in [6, 6.07) is 14.3. The molecule has 0 aliphatic carbocycles. The molecule has 0 spiro atoms. The molecule has 4 aromatic rings. The van der Waals surface area contributed by atoms with E-state index in [-0.39, 0.29) is 28.2 Å². The fourth-order valence-corrected chi connectivity index (χ4v) is 4.54. The standard InChI is InChI=1S/C31H28O13/c1-40-19-9-5-16(6-10-19)29-30(26(37)24-20(34)12-18(33)13-21(24)42-29)44-31-28(39)27(38)25(36)22(43-31)14-41-23(35)11-4-15-2-7-17(32)8-3-15/h2-13,22,25,27-28,31-34,36,38-39H,14H2,1H3/b11-4+/t22-,25-,27+,28-,31-/m1/s1. The molecule has 6 N–H and O–H groups in total. The molecule has 1 fully saturated rings. The lowest BCUT2D eigenvalue weighted by atomic mass is 9.99. The third kappa shape index (κ3) is 6.31. The first-order chi connectivity index (χ1) is 21.0. The average molecular weight is 609 g/mol. The lowest BCUT2D eigenvalue weighted by Crippen LogP contribution is -2.60. The van der Waals surface area contributed by atoms with Gasteiger partial charge < -0.3 is 54.0 Å². The van der Waals surface area contributed by atoms with Crippen LogP contribution in [0.25, 0.3) is 28.4 Å². The molecule has 3 aromatic carbocycles. The van der Waals surface area contributed by atoms with Crippen LogP contribution in [0.3, 0.4) is 0 Å². The number of hydrogen-bond acceptors (Lipinski definition) is 13. The van der Waals surface area contributed by atoms with Gasteiger partial charge in [0.05, 0.1) is 7.11 Å². The van der Waals surface area contributed by atoms with Gasteiger partial charge in [0.25, 0.3) is 0 Å². The van der Waals surface area contributed by atoms with Gasteiger partial charge in [0.1, 0.15) is 65.0 Å². The number of methoxy groups -OCH3 is 1. The van der Waals surface area contributed by atoms with Crippen LogP contribution in [-0.2, 0) is 14.3 Å². The van der Waals surface area contributed by atoms with Gasteiger partial charge in [-0.15, -0.1) is 0 Å². The molecular formula is C31H28O13. The highest BCUT2D eigenvalue weighted by Gasteiger charge is 2.46. The summed E-state index contributed by atoms with van der Waals surface area (Å²) in [6.45, 7) is -0.568. The van der Waals surface area contributed by atoms with Crippen molar-refractivity contribution < 1.29 is 58.8 Å². The molecule has 1 aromatic heterocycles. The number of esters is 1. The minimum Gasteiger partial charge on any atom is -0.508 e.